The van der Waals surface area contributed by atoms with Gasteiger partial charge in [-0.15, -0.1) is 0 Å². The molecule has 1 aliphatic rings. The van der Waals surface area contributed by atoms with Crippen LogP contribution in [0.2, 0.25) is 0 Å². The van der Waals surface area contributed by atoms with E-state index in [1.807, 2.05) is 30.3 Å². The lowest BCUT2D eigenvalue weighted by molar-refractivity contribution is 0.181. The van der Waals surface area contributed by atoms with Gasteiger partial charge in [0.05, 0.1) is 0 Å². The van der Waals surface area contributed by atoms with Crippen molar-refractivity contribution >= 4 is 10.9 Å². The van der Waals surface area contributed by atoms with Gasteiger partial charge in [0, 0.05) is 30.3 Å². The Morgan fingerprint density at radius 1 is 1.18 bits per heavy atom. The van der Waals surface area contributed by atoms with Crippen LogP contribution in [0.15, 0.2) is 35.1 Å². The van der Waals surface area contributed by atoms with Crippen LogP contribution < -0.4 is 10.9 Å². The summed E-state index contributed by atoms with van der Waals surface area (Å²) in [6, 6.07) is 10.1. The van der Waals surface area contributed by atoms with Crippen LogP contribution in [-0.2, 0) is 6.54 Å². The first-order chi connectivity index (χ1) is 10.8. The first-order valence-corrected chi connectivity index (χ1v) is 8.23. The van der Waals surface area contributed by atoms with Crippen molar-refractivity contribution in [2.75, 3.05) is 6.61 Å². The Morgan fingerprint density at radius 2 is 2.00 bits per heavy atom. The molecule has 1 heterocycles. The van der Waals surface area contributed by atoms with Crippen LogP contribution >= 0.6 is 0 Å². The fraction of sp³-hybridized carbons (Fsp3) is 0.500. The van der Waals surface area contributed by atoms with Crippen LogP contribution in [0.25, 0.3) is 10.9 Å². The Bertz CT molecular complexity index is 680. The molecule has 4 nitrogen and oxygen atoms in total. The molecule has 0 aliphatic heterocycles. The minimum absolute atomic E-state index is 0.0274. The summed E-state index contributed by atoms with van der Waals surface area (Å²) in [5.41, 5.74) is 1.61. The smallest absolute Gasteiger partial charge is 0.252 e. The van der Waals surface area contributed by atoms with Gasteiger partial charge in [0.2, 0.25) is 0 Å². The topological polar surface area (TPSA) is 65.1 Å². The molecule has 1 aliphatic carbocycles. The third-order valence-electron chi connectivity index (χ3n) is 4.78. The van der Waals surface area contributed by atoms with Crippen molar-refractivity contribution in [1.29, 1.82) is 0 Å². The highest BCUT2D eigenvalue weighted by molar-refractivity contribution is 5.78. The maximum Gasteiger partial charge on any atom is 0.252 e. The second-order valence-electron chi connectivity index (χ2n) is 6.28. The van der Waals surface area contributed by atoms with Crippen LogP contribution in [-0.4, -0.2) is 22.7 Å². The lowest BCUT2D eigenvalue weighted by Crippen LogP contribution is -2.38. The number of rotatable bonds is 4. The molecule has 0 bridgehead atoms. The number of hydrogen-bond donors (Lipinski definition) is 3. The number of para-hydroxylation sites is 1. The van der Waals surface area contributed by atoms with Gasteiger partial charge in [-0.2, -0.15) is 0 Å². The van der Waals surface area contributed by atoms with E-state index in [0.717, 1.165) is 29.3 Å². The van der Waals surface area contributed by atoms with Gasteiger partial charge >= 0.3 is 0 Å². The molecule has 0 radical (unpaired) electrons. The van der Waals surface area contributed by atoms with Gasteiger partial charge < -0.3 is 15.4 Å². The van der Waals surface area contributed by atoms with Crippen molar-refractivity contribution in [3.05, 3.63) is 46.2 Å². The molecule has 118 valence electrons. The quantitative estimate of drug-likeness (QED) is 0.760. The molecule has 2 atom stereocenters. The molecule has 4 heteroatoms. The fourth-order valence-electron chi connectivity index (χ4n) is 3.44. The lowest BCUT2D eigenvalue weighted by Gasteiger charge is -2.24. The summed E-state index contributed by atoms with van der Waals surface area (Å²) in [5.74, 6) is 0.307. The highest BCUT2D eigenvalue weighted by Crippen LogP contribution is 2.23. The summed E-state index contributed by atoms with van der Waals surface area (Å²) in [6.45, 7) is 0.785. The van der Waals surface area contributed by atoms with Gasteiger partial charge in [-0.1, -0.05) is 37.5 Å². The number of hydrogen-bond acceptors (Lipinski definition) is 3. The highest BCUT2D eigenvalue weighted by atomic mass is 16.3. The number of pyridine rings is 1. The second-order valence-corrected chi connectivity index (χ2v) is 6.28. The normalized spacial score (nSPS) is 22.6. The van der Waals surface area contributed by atoms with Crippen molar-refractivity contribution in [3.8, 4) is 0 Å². The number of fused-ring (bicyclic) bond motifs is 1. The van der Waals surface area contributed by atoms with E-state index in [-0.39, 0.29) is 12.2 Å². The van der Waals surface area contributed by atoms with E-state index in [0.29, 0.717) is 18.5 Å². The molecule has 2 aromatic rings. The van der Waals surface area contributed by atoms with E-state index in [4.69, 9.17) is 0 Å². The van der Waals surface area contributed by atoms with Crippen LogP contribution in [0.3, 0.4) is 0 Å². The summed E-state index contributed by atoms with van der Waals surface area (Å²) in [7, 11) is 0. The monoisotopic (exact) mass is 300 g/mol. The van der Waals surface area contributed by atoms with Gasteiger partial charge in [0.25, 0.3) is 5.56 Å². The van der Waals surface area contributed by atoms with Crippen molar-refractivity contribution in [2.24, 2.45) is 5.92 Å². The van der Waals surface area contributed by atoms with Gasteiger partial charge in [-0.3, -0.25) is 4.79 Å². The zero-order valence-corrected chi connectivity index (χ0v) is 12.8. The molecular weight excluding hydrogens is 276 g/mol. The second kappa shape index (κ2) is 7.07. The number of aromatic amines is 1. The number of H-pyrrole nitrogens is 1. The first kappa shape index (κ1) is 15.3. The minimum atomic E-state index is -0.0274. The van der Waals surface area contributed by atoms with E-state index in [9.17, 15) is 9.90 Å². The van der Waals surface area contributed by atoms with E-state index >= 15 is 0 Å². The van der Waals surface area contributed by atoms with Gasteiger partial charge in [0.1, 0.15) is 0 Å². The molecule has 3 N–H and O–H groups in total. The first-order valence-electron chi connectivity index (χ1n) is 8.23. The third kappa shape index (κ3) is 3.39. The average Bonchev–Trinajstić information content (AvgIpc) is 2.77. The zero-order chi connectivity index (χ0) is 15.4. The maximum absolute atomic E-state index is 12.2. The third-order valence-corrected chi connectivity index (χ3v) is 4.78. The average molecular weight is 300 g/mol. The molecule has 1 aromatic heterocycles. The Labute approximate surface area is 130 Å². The standard InChI is InChI=1S/C18H24N2O2/c21-12-14-7-2-1-3-8-16(14)19-11-15-10-13-6-4-5-9-17(13)20-18(15)22/h4-6,9-10,14,16,19,21H,1-3,7-8,11-12H2,(H,20,22). The van der Waals surface area contributed by atoms with Gasteiger partial charge in [-0.25, -0.2) is 0 Å². The number of aromatic nitrogens is 1. The van der Waals surface area contributed by atoms with E-state index in [1.54, 1.807) is 0 Å². The molecule has 1 saturated carbocycles. The Balaban J connectivity index is 1.75. The minimum Gasteiger partial charge on any atom is -0.396 e. The van der Waals surface area contributed by atoms with Crippen LogP contribution in [0.4, 0.5) is 0 Å². The summed E-state index contributed by atoms with van der Waals surface area (Å²) in [6.07, 6.45) is 5.78. The largest absolute Gasteiger partial charge is 0.396 e. The van der Waals surface area contributed by atoms with Crippen molar-refractivity contribution in [2.45, 2.75) is 44.7 Å². The SMILES string of the molecule is O=c1[nH]c2ccccc2cc1CNC1CCCCCC1CO. The molecule has 1 aromatic carbocycles. The Morgan fingerprint density at radius 3 is 2.86 bits per heavy atom. The molecule has 3 rings (SSSR count). The number of aliphatic hydroxyl groups is 1. The molecule has 0 spiro atoms. The van der Waals surface area contributed by atoms with E-state index in [2.05, 4.69) is 10.3 Å². The van der Waals surface area contributed by atoms with E-state index in [1.165, 1.54) is 19.3 Å². The molecular formula is C18H24N2O2. The predicted octanol–water partition coefficient (Wildman–Crippen LogP) is 2.56. The van der Waals surface area contributed by atoms with Crippen LogP contribution in [0.5, 0.6) is 0 Å². The summed E-state index contributed by atoms with van der Waals surface area (Å²) in [4.78, 5) is 15.1. The highest BCUT2D eigenvalue weighted by Gasteiger charge is 2.22. The Kier molecular flexibility index (Phi) is 4.90. The Hall–Kier alpha value is -1.65. The van der Waals surface area contributed by atoms with Crippen molar-refractivity contribution < 1.29 is 5.11 Å². The fourth-order valence-corrected chi connectivity index (χ4v) is 3.44. The molecule has 0 amide bonds. The van der Waals surface area contributed by atoms with Crippen LogP contribution in [0, 0.1) is 5.92 Å². The summed E-state index contributed by atoms with van der Waals surface area (Å²) in [5, 5.41) is 14.1. The van der Waals surface area contributed by atoms with Crippen LogP contribution in [0.1, 0.15) is 37.7 Å². The zero-order valence-electron chi connectivity index (χ0n) is 12.8. The summed E-state index contributed by atoms with van der Waals surface area (Å²) >= 11 is 0. The molecule has 0 saturated heterocycles. The number of benzene rings is 1. The lowest BCUT2D eigenvalue weighted by atomic mass is 9.95. The van der Waals surface area contributed by atoms with E-state index < -0.39 is 0 Å². The molecule has 22 heavy (non-hydrogen) atoms. The molecule has 2 unspecified atom stereocenters. The molecule has 1 fully saturated rings. The summed E-state index contributed by atoms with van der Waals surface area (Å²) < 4.78 is 0. The van der Waals surface area contributed by atoms with Gasteiger partial charge in [0.15, 0.2) is 0 Å². The van der Waals surface area contributed by atoms with Crippen molar-refractivity contribution in [1.82, 2.24) is 10.3 Å². The predicted molar refractivity (Wildman–Crippen MR) is 88.9 cm³/mol. The number of nitrogens with one attached hydrogen (secondary N) is 2. The number of aliphatic hydroxyl groups excluding tert-OH is 1. The van der Waals surface area contributed by atoms with Crippen molar-refractivity contribution in [3.63, 3.8) is 0 Å². The maximum atomic E-state index is 12.2. The van der Waals surface area contributed by atoms with Gasteiger partial charge in [-0.05, 0) is 36.3 Å².